The summed E-state index contributed by atoms with van der Waals surface area (Å²) in [6.45, 7) is 0.305. The number of hydrogen-bond donors (Lipinski definition) is 4. The van der Waals surface area contributed by atoms with Gasteiger partial charge in [0.2, 0.25) is 8.38 Å². The van der Waals surface area contributed by atoms with Gasteiger partial charge in [-0.3, -0.25) is 14.9 Å². The summed E-state index contributed by atoms with van der Waals surface area (Å²) >= 11 is 0. The molecule has 2 unspecified atom stereocenters. The third kappa shape index (κ3) is 8.28. The van der Waals surface area contributed by atoms with Crippen LogP contribution in [-0.4, -0.2) is 67.7 Å². The number of ether oxygens (including phenoxy) is 1. The number of nitro benzene ring substituents is 1. The summed E-state index contributed by atoms with van der Waals surface area (Å²) in [5.74, 6) is -0.00796. The van der Waals surface area contributed by atoms with E-state index in [0.717, 1.165) is 6.07 Å². The quantitative estimate of drug-likeness (QED) is 0.0617. The van der Waals surface area contributed by atoms with Crippen LogP contribution < -0.4 is 39.2 Å². The van der Waals surface area contributed by atoms with Gasteiger partial charge in [0.15, 0.2) is 18.4 Å². The number of carbonyl (C=O) groups is 1. The van der Waals surface area contributed by atoms with E-state index in [0.29, 0.717) is 19.3 Å². The fourth-order valence-electron chi connectivity index (χ4n) is 2.20. The molecule has 0 aromatic heterocycles. The summed E-state index contributed by atoms with van der Waals surface area (Å²) in [6.07, 6.45) is 0.215. The SMILES string of the molecule is CN(CCCOc1ccc(C=O)cc1[N+](=O)[O-])CCC(O)(P(O)O)P(=O)([O-])O.[Na+]. The third-order valence-corrected chi connectivity index (χ3v) is 7.15. The van der Waals surface area contributed by atoms with Crippen molar-refractivity contribution in [3.8, 4) is 5.75 Å². The largest absolute Gasteiger partial charge is 1.00 e. The van der Waals surface area contributed by atoms with Crippen LogP contribution in [0.5, 0.6) is 5.75 Å². The molecule has 1 aromatic rings. The molecule has 0 fully saturated rings. The van der Waals surface area contributed by atoms with Crippen LogP contribution in [0.3, 0.4) is 0 Å². The van der Waals surface area contributed by atoms with E-state index in [1.165, 1.54) is 12.1 Å². The van der Waals surface area contributed by atoms with Crippen LogP contribution in [-0.2, 0) is 4.57 Å². The van der Waals surface area contributed by atoms with E-state index < -0.39 is 32.4 Å². The maximum absolute atomic E-state index is 11.2. The molecule has 0 bridgehead atoms. The van der Waals surface area contributed by atoms with Crippen LogP contribution in [0.15, 0.2) is 18.2 Å². The molecular weight excluding hydrogens is 441 g/mol. The van der Waals surface area contributed by atoms with E-state index in [-0.39, 0.29) is 59.7 Å². The predicted octanol–water partition coefficient (Wildman–Crippen LogP) is -3.01. The Morgan fingerprint density at radius 3 is 2.48 bits per heavy atom. The van der Waals surface area contributed by atoms with Crippen LogP contribution in [0.4, 0.5) is 5.69 Å². The number of aldehydes is 1. The standard InChI is InChI=1S/C14H22N2O10P2.Na/c1-15(7-5-14(18,27(21)22)28(23,24)25)6-2-8-26-13-4-3-11(10-17)9-12(13)16(19)20;/h3-4,9-10,18,21-22H,2,5-8H2,1H3,(H2,23,24,25);/q;+1/p-1. The Balaban J connectivity index is 0.00000784. The fraction of sp³-hybridized carbons (Fsp3) is 0.500. The van der Waals surface area contributed by atoms with Crippen LogP contribution in [0.25, 0.3) is 0 Å². The minimum Gasteiger partial charge on any atom is -0.776 e. The van der Waals surface area contributed by atoms with Gasteiger partial charge in [-0.15, -0.1) is 0 Å². The minimum absolute atomic E-state index is 0. The molecule has 0 aliphatic heterocycles. The van der Waals surface area contributed by atoms with Gasteiger partial charge in [-0.25, -0.2) is 0 Å². The molecule has 0 radical (unpaired) electrons. The van der Waals surface area contributed by atoms with Gasteiger partial charge in [0.25, 0.3) is 0 Å². The molecular formula is C14H21N2NaO10P2. The average Bonchev–Trinajstić information content (AvgIpc) is 2.61. The van der Waals surface area contributed by atoms with Gasteiger partial charge in [-0.05, 0) is 25.6 Å². The Hall–Kier alpha value is -0.490. The van der Waals surface area contributed by atoms with E-state index in [1.54, 1.807) is 11.9 Å². The van der Waals surface area contributed by atoms with Gasteiger partial charge in [-0.1, -0.05) is 0 Å². The number of rotatable bonds is 12. The zero-order valence-electron chi connectivity index (χ0n) is 15.9. The van der Waals surface area contributed by atoms with Crippen molar-refractivity contribution in [1.29, 1.82) is 0 Å². The summed E-state index contributed by atoms with van der Waals surface area (Å²) in [5.41, 5.74) is -0.213. The first-order chi connectivity index (χ1) is 12.9. The molecule has 0 saturated heterocycles. The molecule has 12 nitrogen and oxygen atoms in total. The van der Waals surface area contributed by atoms with Crippen molar-refractivity contribution in [3.63, 3.8) is 0 Å². The molecule has 0 amide bonds. The third-order valence-electron chi connectivity index (χ3n) is 3.86. The second-order valence-corrected chi connectivity index (χ2v) is 9.39. The second-order valence-electron chi connectivity index (χ2n) is 5.94. The number of hydrogen-bond acceptors (Lipinski definition) is 10. The Morgan fingerprint density at radius 2 is 2.00 bits per heavy atom. The van der Waals surface area contributed by atoms with Crippen LogP contribution in [0, 0.1) is 10.1 Å². The van der Waals surface area contributed by atoms with E-state index in [1.807, 2.05) is 0 Å². The van der Waals surface area contributed by atoms with E-state index >= 15 is 0 Å². The maximum atomic E-state index is 11.2. The first-order valence-corrected chi connectivity index (χ1v) is 10.7. The Morgan fingerprint density at radius 1 is 1.38 bits per heavy atom. The van der Waals surface area contributed by atoms with Crippen LogP contribution in [0.1, 0.15) is 23.2 Å². The Kier molecular flexibility index (Phi) is 12.2. The van der Waals surface area contributed by atoms with Crippen molar-refractivity contribution in [3.05, 3.63) is 33.9 Å². The van der Waals surface area contributed by atoms with Gasteiger partial charge in [0.05, 0.1) is 11.5 Å². The van der Waals surface area contributed by atoms with Gasteiger partial charge < -0.3 is 38.9 Å². The van der Waals surface area contributed by atoms with Crippen molar-refractivity contribution in [1.82, 2.24) is 4.90 Å². The molecule has 1 aromatic carbocycles. The molecule has 0 aliphatic carbocycles. The van der Waals surface area contributed by atoms with Crippen molar-refractivity contribution in [2.24, 2.45) is 0 Å². The Bertz CT molecular complexity index is 747. The first kappa shape index (κ1) is 28.5. The van der Waals surface area contributed by atoms with E-state index in [4.69, 9.17) is 19.4 Å². The number of aliphatic hydroxyl groups is 1. The molecule has 15 heteroatoms. The summed E-state index contributed by atoms with van der Waals surface area (Å²) in [7, 11) is -7.17. The molecule has 0 aliphatic rings. The minimum atomic E-state index is -5.40. The normalized spacial score (nSPS) is 15.3. The van der Waals surface area contributed by atoms with E-state index in [9.17, 15) is 29.5 Å². The predicted molar refractivity (Wildman–Crippen MR) is 96.8 cm³/mol. The molecule has 2 atom stereocenters. The molecule has 0 heterocycles. The topological polar surface area (TPSA) is 194 Å². The zero-order valence-corrected chi connectivity index (χ0v) is 19.7. The fourth-order valence-corrected chi connectivity index (χ4v) is 3.78. The number of carbonyl (C=O) groups excluding carboxylic acids is 1. The Labute approximate surface area is 190 Å². The van der Waals surface area contributed by atoms with Crippen molar-refractivity contribution < 1.29 is 73.3 Å². The summed E-state index contributed by atoms with van der Waals surface area (Å²) in [4.78, 5) is 60.9. The summed E-state index contributed by atoms with van der Waals surface area (Å²) in [5, 5.41) is 17.8. The maximum Gasteiger partial charge on any atom is 1.00 e. The van der Waals surface area contributed by atoms with Crippen molar-refractivity contribution in [2.45, 2.75) is 17.9 Å². The molecule has 158 valence electrons. The smallest absolute Gasteiger partial charge is 0.776 e. The van der Waals surface area contributed by atoms with Gasteiger partial charge >= 0.3 is 35.2 Å². The molecule has 0 spiro atoms. The molecule has 1 rings (SSSR count). The second kappa shape index (κ2) is 12.4. The van der Waals surface area contributed by atoms with Crippen LogP contribution in [0.2, 0.25) is 0 Å². The molecule has 29 heavy (non-hydrogen) atoms. The first-order valence-electron chi connectivity index (χ1n) is 7.91. The van der Waals surface area contributed by atoms with Crippen LogP contribution >= 0.6 is 16.0 Å². The summed E-state index contributed by atoms with van der Waals surface area (Å²) in [6, 6.07) is 3.78. The van der Waals surface area contributed by atoms with Crippen molar-refractivity contribution in [2.75, 3.05) is 26.7 Å². The van der Waals surface area contributed by atoms with E-state index in [2.05, 4.69) is 0 Å². The number of benzene rings is 1. The van der Waals surface area contributed by atoms with Gasteiger partial charge in [0.1, 0.15) is 6.29 Å². The number of nitrogens with zero attached hydrogens (tertiary/aromatic N) is 2. The number of nitro groups is 1. The zero-order chi connectivity index (χ0) is 21.5. The van der Waals surface area contributed by atoms with Gasteiger partial charge in [0, 0.05) is 31.1 Å². The molecule has 4 N–H and O–H groups in total. The average molecular weight is 462 g/mol. The summed E-state index contributed by atoms with van der Waals surface area (Å²) < 4.78 is 16.5. The monoisotopic (exact) mass is 462 g/mol. The van der Waals surface area contributed by atoms with Gasteiger partial charge in [-0.2, -0.15) is 0 Å². The molecule has 0 saturated carbocycles. The van der Waals surface area contributed by atoms with Crippen molar-refractivity contribution >= 4 is 27.9 Å².